The van der Waals surface area contributed by atoms with Crippen molar-refractivity contribution in [2.45, 2.75) is 19.3 Å². The maximum Gasteiger partial charge on any atom is 0.195 e. The van der Waals surface area contributed by atoms with Gasteiger partial charge in [0.1, 0.15) is 0 Å². The summed E-state index contributed by atoms with van der Waals surface area (Å²) in [5.41, 5.74) is 11.2. The number of para-hydroxylation sites is 2. The minimum absolute atomic E-state index is 0.571. The van der Waals surface area contributed by atoms with Crippen LogP contribution in [0.15, 0.2) is 140 Å². The molecule has 10 aromatic rings. The number of thiazole rings is 1. The molecule has 50 heavy (non-hydrogen) atoms. The predicted octanol–water partition coefficient (Wildman–Crippen LogP) is 13.8. The van der Waals surface area contributed by atoms with E-state index in [9.17, 15) is 0 Å². The number of thiophene rings is 1. The number of rotatable bonds is 3. The van der Waals surface area contributed by atoms with Crippen molar-refractivity contribution >= 4 is 91.7 Å². The molecule has 0 bridgehead atoms. The topological polar surface area (TPSA) is 17.8 Å². The summed E-state index contributed by atoms with van der Waals surface area (Å²) in [4.78, 5) is 5.50. The summed E-state index contributed by atoms with van der Waals surface area (Å²) in [6, 6.07) is 49.3. The minimum atomic E-state index is 0.571. The van der Waals surface area contributed by atoms with Crippen molar-refractivity contribution in [1.82, 2.24) is 9.55 Å². The molecule has 0 spiro atoms. The fourth-order valence-electron chi connectivity index (χ4n) is 8.23. The zero-order chi connectivity index (χ0) is 32.9. The Balaban J connectivity index is 1.09. The third-order valence-corrected chi connectivity index (χ3v) is 12.9. The first-order chi connectivity index (χ1) is 24.7. The van der Waals surface area contributed by atoms with E-state index in [1.54, 1.807) is 11.3 Å². The molecule has 1 aliphatic carbocycles. The number of hydrogen-bond acceptors (Lipinski definition) is 3. The molecule has 3 aromatic heterocycles. The number of aromatic nitrogens is 2. The van der Waals surface area contributed by atoms with Gasteiger partial charge < -0.3 is 0 Å². The van der Waals surface area contributed by atoms with Crippen LogP contribution in [0.25, 0.3) is 96.4 Å². The molecular weight excluding hydrogens is 645 g/mol. The first-order valence-corrected chi connectivity index (χ1v) is 18.9. The van der Waals surface area contributed by atoms with Gasteiger partial charge in [-0.3, -0.25) is 4.57 Å². The maximum absolute atomic E-state index is 5.50. The van der Waals surface area contributed by atoms with Crippen LogP contribution in [0, 0.1) is 0 Å². The van der Waals surface area contributed by atoms with Gasteiger partial charge in [-0.05, 0) is 81.3 Å². The Morgan fingerprint density at radius 2 is 1.32 bits per heavy atom. The van der Waals surface area contributed by atoms with E-state index in [0.29, 0.717) is 5.92 Å². The number of benzene rings is 7. The molecule has 0 aliphatic heterocycles. The third-order valence-electron chi connectivity index (χ3n) is 10.7. The van der Waals surface area contributed by atoms with Crippen LogP contribution in [-0.4, -0.2) is 9.55 Å². The predicted molar refractivity (Wildman–Crippen MR) is 217 cm³/mol. The van der Waals surface area contributed by atoms with E-state index in [1.165, 1.54) is 90.8 Å². The highest BCUT2D eigenvalue weighted by Gasteiger charge is 2.21. The summed E-state index contributed by atoms with van der Waals surface area (Å²) in [7, 11) is 0. The highest BCUT2D eigenvalue weighted by Crippen LogP contribution is 2.46. The number of hydrogen-bond donors (Lipinski definition) is 0. The van der Waals surface area contributed by atoms with E-state index in [0.717, 1.165) is 17.1 Å². The Morgan fingerprint density at radius 3 is 2.12 bits per heavy atom. The average molecular weight is 675 g/mol. The van der Waals surface area contributed by atoms with Gasteiger partial charge in [-0.1, -0.05) is 134 Å². The Labute approximate surface area is 297 Å². The van der Waals surface area contributed by atoms with Gasteiger partial charge in [-0.25, -0.2) is 4.98 Å². The molecule has 0 amide bonds. The van der Waals surface area contributed by atoms with Crippen molar-refractivity contribution in [3.63, 3.8) is 0 Å². The standard InChI is InChI=1S/C46H30N2S2/c1-27-9-8-13-34-32(27)23-22-31-25-30(21-24-33(31)34)28-17-19-29(20-18-28)38-26-42-43(37-12-4-7-16-41(37)49-42)44-45(38)50-46(47-44)48-39-14-5-2-10-35(39)36-11-3-6-15-40(36)48/h2-8,10-27H,9H2,1H3. The summed E-state index contributed by atoms with van der Waals surface area (Å²) >= 11 is 3.66. The molecular formula is C46H30N2S2. The number of nitrogens with zero attached hydrogens (tertiary/aromatic N) is 2. The molecule has 4 heteroatoms. The molecule has 0 saturated carbocycles. The van der Waals surface area contributed by atoms with Crippen LogP contribution in [0.3, 0.4) is 0 Å². The van der Waals surface area contributed by atoms with E-state index in [1.807, 2.05) is 11.3 Å². The van der Waals surface area contributed by atoms with E-state index < -0.39 is 0 Å². The lowest BCUT2D eigenvalue weighted by Gasteiger charge is -2.19. The van der Waals surface area contributed by atoms with Crippen LogP contribution < -0.4 is 0 Å². The van der Waals surface area contributed by atoms with Crippen molar-refractivity contribution in [2.24, 2.45) is 0 Å². The van der Waals surface area contributed by atoms with E-state index in [4.69, 9.17) is 4.98 Å². The van der Waals surface area contributed by atoms with Crippen LogP contribution in [0.1, 0.15) is 30.4 Å². The Hall–Kier alpha value is -5.55. The van der Waals surface area contributed by atoms with Gasteiger partial charge in [0, 0.05) is 36.5 Å². The normalized spacial score (nSPS) is 14.5. The van der Waals surface area contributed by atoms with Gasteiger partial charge in [0.2, 0.25) is 0 Å². The molecule has 3 heterocycles. The lowest BCUT2D eigenvalue weighted by molar-refractivity contribution is 0.773. The number of allylic oxidation sites excluding steroid dienone is 1. The summed E-state index contributed by atoms with van der Waals surface area (Å²) in [5.74, 6) is 0.571. The van der Waals surface area contributed by atoms with Crippen LogP contribution in [-0.2, 0) is 0 Å². The van der Waals surface area contributed by atoms with Crippen LogP contribution in [0.4, 0.5) is 0 Å². The van der Waals surface area contributed by atoms with E-state index in [2.05, 4.69) is 157 Å². The second-order valence-corrected chi connectivity index (χ2v) is 15.6. The quantitative estimate of drug-likeness (QED) is 0.182. The van der Waals surface area contributed by atoms with Crippen molar-refractivity contribution in [3.05, 3.63) is 151 Å². The van der Waals surface area contributed by atoms with E-state index in [-0.39, 0.29) is 0 Å². The zero-order valence-corrected chi connectivity index (χ0v) is 29.0. The Kier molecular flexibility index (Phi) is 6.07. The molecule has 0 radical (unpaired) electrons. The molecule has 0 saturated heterocycles. The molecule has 7 aromatic carbocycles. The summed E-state index contributed by atoms with van der Waals surface area (Å²) in [6.45, 7) is 2.33. The maximum atomic E-state index is 5.50. The third kappa shape index (κ3) is 4.10. The van der Waals surface area contributed by atoms with Gasteiger partial charge in [0.05, 0.1) is 21.3 Å². The zero-order valence-electron chi connectivity index (χ0n) is 27.4. The lowest BCUT2D eigenvalue weighted by atomic mass is 9.85. The van der Waals surface area contributed by atoms with Gasteiger partial charge in [-0.2, -0.15) is 0 Å². The van der Waals surface area contributed by atoms with Crippen molar-refractivity contribution in [2.75, 3.05) is 0 Å². The van der Waals surface area contributed by atoms with Crippen molar-refractivity contribution in [3.8, 4) is 27.4 Å². The summed E-state index contributed by atoms with van der Waals surface area (Å²) in [5, 5.41) is 8.68. The second kappa shape index (κ2) is 10.7. The molecule has 0 fully saturated rings. The van der Waals surface area contributed by atoms with Crippen LogP contribution in [0.2, 0.25) is 0 Å². The first-order valence-electron chi connectivity index (χ1n) is 17.3. The largest absolute Gasteiger partial charge is 0.285 e. The van der Waals surface area contributed by atoms with Crippen LogP contribution in [0.5, 0.6) is 0 Å². The monoisotopic (exact) mass is 674 g/mol. The van der Waals surface area contributed by atoms with Gasteiger partial charge in [-0.15, -0.1) is 11.3 Å². The average Bonchev–Trinajstić information content (AvgIpc) is 3.86. The van der Waals surface area contributed by atoms with E-state index >= 15 is 0 Å². The lowest BCUT2D eigenvalue weighted by Crippen LogP contribution is -2.00. The minimum Gasteiger partial charge on any atom is -0.285 e. The highest BCUT2D eigenvalue weighted by molar-refractivity contribution is 7.26. The Morgan fingerprint density at radius 1 is 0.620 bits per heavy atom. The summed E-state index contributed by atoms with van der Waals surface area (Å²) in [6.07, 6.45) is 5.75. The smallest absolute Gasteiger partial charge is 0.195 e. The van der Waals surface area contributed by atoms with Gasteiger partial charge in [0.25, 0.3) is 0 Å². The SMILES string of the molecule is CC1CC=Cc2c1ccc1cc(-c3ccc(-c4cc5sc6ccccc6c5c5nc(-n6c7ccccc7c7ccccc76)sc45)cc3)ccc21. The fraction of sp³-hybridized carbons (Fsp3) is 0.0652. The fourth-order valence-corrected chi connectivity index (χ4v) is 10.5. The summed E-state index contributed by atoms with van der Waals surface area (Å²) < 4.78 is 6.15. The molecule has 1 aliphatic rings. The van der Waals surface area contributed by atoms with Gasteiger partial charge >= 0.3 is 0 Å². The molecule has 236 valence electrons. The van der Waals surface area contributed by atoms with Gasteiger partial charge in [0.15, 0.2) is 5.13 Å². The highest BCUT2D eigenvalue weighted by atomic mass is 32.1. The Bertz CT molecular complexity index is 2970. The number of fused-ring (bicyclic) bond motifs is 11. The van der Waals surface area contributed by atoms with Crippen molar-refractivity contribution < 1.29 is 0 Å². The molecule has 11 rings (SSSR count). The molecule has 2 nitrogen and oxygen atoms in total. The molecule has 1 atom stereocenters. The van der Waals surface area contributed by atoms with Crippen LogP contribution >= 0.6 is 22.7 Å². The molecule has 1 unspecified atom stereocenters. The molecule has 0 N–H and O–H groups in total. The van der Waals surface area contributed by atoms with Crippen molar-refractivity contribution in [1.29, 1.82) is 0 Å². The first kappa shape index (κ1) is 28.3. The second-order valence-electron chi connectivity index (χ2n) is 13.6.